The molecule has 4 aromatic rings. The number of halogens is 1. The average Bonchev–Trinajstić information content (AvgIpc) is 3.31. The fourth-order valence-corrected chi connectivity index (χ4v) is 4.08. The van der Waals surface area contributed by atoms with Gasteiger partial charge < -0.3 is 9.80 Å². The molecule has 2 aromatic carbocycles. The Hall–Kier alpha value is -3.64. The SMILES string of the molecule is O=C(c1cn(-c2ccccc2)nc1-c1ccc(Cl)cc1)N1CCN(c2ccncc2)CC1. The summed E-state index contributed by atoms with van der Waals surface area (Å²) in [6.07, 6.45) is 5.42. The van der Waals surface area contributed by atoms with Crippen LogP contribution < -0.4 is 4.90 Å². The molecule has 160 valence electrons. The van der Waals surface area contributed by atoms with E-state index in [1.807, 2.05) is 77.8 Å². The Morgan fingerprint density at radius 2 is 1.50 bits per heavy atom. The van der Waals surface area contributed by atoms with Gasteiger partial charge in [-0.25, -0.2) is 4.68 Å². The monoisotopic (exact) mass is 443 g/mol. The molecule has 0 atom stereocenters. The molecule has 0 radical (unpaired) electrons. The van der Waals surface area contributed by atoms with Gasteiger partial charge in [-0.3, -0.25) is 9.78 Å². The molecule has 2 aromatic heterocycles. The maximum atomic E-state index is 13.6. The molecule has 1 fully saturated rings. The summed E-state index contributed by atoms with van der Waals surface area (Å²) in [6, 6.07) is 21.3. The van der Waals surface area contributed by atoms with Crippen LogP contribution in [0.1, 0.15) is 10.4 Å². The van der Waals surface area contributed by atoms with Gasteiger partial charge >= 0.3 is 0 Å². The summed E-state index contributed by atoms with van der Waals surface area (Å²) < 4.78 is 1.77. The molecule has 0 unspecified atom stereocenters. The summed E-state index contributed by atoms with van der Waals surface area (Å²) in [5.74, 6) is -0.00786. The van der Waals surface area contributed by atoms with Crippen LogP contribution in [0.15, 0.2) is 85.3 Å². The first-order valence-corrected chi connectivity index (χ1v) is 10.9. The van der Waals surface area contributed by atoms with Crippen LogP contribution in [0.5, 0.6) is 0 Å². The number of benzene rings is 2. The molecule has 6 nitrogen and oxygen atoms in total. The molecule has 0 aliphatic carbocycles. The lowest BCUT2D eigenvalue weighted by atomic mass is 10.1. The van der Waals surface area contributed by atoms with Crippen molar-refractivity contribution >= 4 is 23.2 Å². The van der Waals surface area contributed by atoms with Crippen LogP contribution in [0, 0.1) is 0 Å². The largest absolute Gasteiger partial charge is 0.368 e. The van der Waals surface area contributed by atoms with E-state index < -0.39 is 0 Å². The van der Waals surface area contributed by atoms with Crippen molar-refractivity contribution in [1.82, 2.24) is 19.7 Å². The van der Waals surface area contributed by atoms with E-state index in [9.17, 15) is 4.79 Å². The van der Waals surface area contributed by atoms with Gasteiger partial charge in [-0.2, -0.15) is 5.10 Å². The maximum Gasteiger partial charge on any atom is 0.257 e. The second-order valence-corrected chi connectivity index (χ2v) is 8.10. The van der Waals surface area contributed by atoms with E-state index in [0.717, 1.165) is 30.0 Å². The Kier molecular flexibility index (Phi) is 5.60. The zero-order chi connectivity index (χ0) is 21.9. The predicted molar refractivity (Wildman–Crippen MR) is 126 cm³/mol. The lowest BCUT2D eigenvalue weighted by molar-refractivity contribution is 0.0747. The predicted octanol–water partition coefficient (Wildman–Crippen LogP) is 4.55. The number of amides is 1. The third-order valence-corrected chi connectivity index (χ3v) is 5.93. The minimum Gasteiger partial charge on any atom is -0.368 e. The Labute approximate surface area is 191 Å². The molecule has 7 heteroatoms. The molecule has 0 saturated carbocycles. The van der Waals surface area contributed by atoms with Crippen LogP contribution in [0.3, 0.4) is 0 Å². The van der Waals surface area contributed by atoms with Crippen LogP contribution in [0.25, 0.3) is 16.9 Å². The Morgan fingerprint density at radius 3 is 2.19 bits per heavy atom. The molecule has 1 aliphatic rings. The fourth-order valence-electron chi connectivity index (χ4n) is 3.96. The Morgan fingerprint density at radius 1 is 0.812 bits per heavy atom. The molecule has 0 spiro atoms. The Bertz CT molecular complexity index is 1200. The maximum absolute atomic E-state index is 13.6. The number of piperazine rings is 1. The smallest absolute Gasteiger partial charge is 0.257 e. The van der Waals surface area contributed by atoms with Gasteiger partial charge in [0.1, 0.15) is 5.69 Å². The zero-order valence-electron chi connectivity index (χ0n) is 17.4. The number of rotatable bonds is 4. The molecule has 1 aliphatic heterocycles. The number of nitrogens with zero attached hydrogens (tertiary/aromatic N) is 5. The minimum atomic E-state index is -0.00786. The quantitative estimate of drug-likeness (QED) is 0.464. The van der Waals surface area contributed by atoms with Crippen LogP contribution in [-0.2, 0) is 0 Å². The van der Waals surface area contributed by atoms with Crippen molar-refractivity contribution in [2.24, 2.45) is 0 Å². The number of aromatic nitrogens is 3. The van der Waals surface area contributed by atoms with E-state index >= 15 is 0 Å². The van der Waals surface area contributed by atoms with Crippen LogP contribution in [0.2, 0.25) is 5.02 Å². The van der Waals surface area contributed by atoms with E-state index in [4.69, 9.17) is 16.7 Å². The third kappa shape index (κ3) is 4.09. The van der Waals surface area contributed by atoms with E-state index in [0.29, 0.717) is 29.4 Å². The van der Waals surface area contributed by atoms with E-state index in [1.165, 1.54) is 0 Å². The summed E-state index contributed by atoms with van der Waals surface area (Å²) >= 11 is 6.08. The summed E-state index contributed by atoms with van der Waals surface area (Å²) in [7, 11) is 0. The zero-order valence-corrected chi connectivity index (χ0v) is 18.2. The molecule has 32 heavy (non-hydrogen) atoms. The van der Waals surface area contributed by atoms with E-state index in [1.54, 1.807) is 17.1 Å². The molecular formula is C25H22ClN5O. The summed E-state index contributed by atoms with van der Waals surface area (Å²) in [5, 5.41) is 5.42. The lowest BCUT2D eigenvalue weighted by Gasteiger charge is -2.36. The van der Waals surface area contributed by atoms with Crippen LogP contribution >= 0.6 is 11.6 Å². The summed E-state index contributed by atoms with van der Waals surface area (Å²) in [6.45, 7) is 2.85. The van der Waals surface area contributed by atoms with Crippen LogP contribution in [-0.4, -0.2) is 51.8 Å². The number of pyridine rings is 1. The summed E-state index contributed by atoms with van der Waals surface area (Å²) in [4.78, 5) is 21.8. The van der Waals surface area contributed by atoms with Gasteiger partial charge in [0.2, 0.25) is 0 Å². The highest BCUT2D eigenvalue weighted by Crippen LogP contribution is 2.27. The van der Waals surface area contributed by atoms with E-state index in [2.05, 4.69) is 9.88 Å². The molecule has 0 N–H and O–H groups in total. The van der Waals surface area contributed by atoms with Crippen molar-refractivity contribution < 1.29 is 4.79 Å². The van der Waals surface area contributed by atoms with Gasteiger partial charge in [-0.1, -0.05) is 41.9 Å². The molecule has 3 heterocycles. The summed E-state index contributed by atoms with van der Waals surface area (Å²) in [5.41, 5.74) is 4.15. The van der Waals surface area contributed by atoms with Gasteiger partial charge in [-0.15, -0.1) is 0 Å². The highest BCUT2D eigenvalue weighted by Gasteiger charge is 2.26. The van der Waals surface area contributed by atoms with Gasteiger partial charge in [0.25, 0.3) is 5.91 Å². The third-order valence-electron chi connectivity index (χ3n) is 5.68. The average molecular weight is 444 g/mol. The van der Waals surface area contributed by atoms with Gasteiger partial charge in [0.15, 0.2) is 0 Å². The van der Waals surface area contributed by atoms with Crippen molar-refractivity contribution in [1.29, 1.82) is 0 Å². The van der Waals surface area contributed by atoms with Crippen molar-refractivity contribution in [3.63, 3.8) is 0 Å². The number of hydrogen-bond donors (Lipinski definition) is 0. The molecule has 1 saturated heterocycles. The Balaban J connectivity index is 1.43. The number of anilines is 1. The van der Waals surface area contributed by atoms with Crippen molar-refractivity contribution in [3.05, 3.63) is 95.9 Å². The van der Waals surface area contributed by atoms with Crippen molar-refractivity contribution in [2.45, 2.75) is 0 Å². The number of carbonyl (C=O) groups excluding carboxylic acids is 1. The van der Waals surface area contributed by atoms with Gasteiger partial charge in [0, 0.05) is 61.0 Å². The standard InChI is InChI=1S/C25H22ClN5O/c26-20-8-6-19(7-9-20)24-23(18-31(28-24)22-4-2-1-3-5-22)25(32)30-16-14-29(15-17-30)21-10-12-27-13-11-21/h1-13,18H,14-17H2. The second-order valence-electron chi connectivity index (χ2n) is 7.66. The first-order chi connectivity index (χ1) is 15.7. The topological polar surface area (TPSA) is 54.3 Å². The number of hydrogen-bond acceptors (Lipinski definition) is 4. The highest BCUT2D eigenvalue weighted by atomic mass is 35.5. The van der Waals surface area contributed by atoms with Gasteiger partial charge in [-0.05, 0) is 36.4 Å². The highest BCUT2D eigenvalue weighted by molar-refractivity contribution is 6.30. The normalized spacial score (nSPS) is 13.9. The van der Waals surface area contributed by atoms with E-state index in [-0.39, 0.29) is 5.91 Å². The molecule has 5 rings (SSSR count). The van der Waals surface area contributed by atoms with Crippen molar-refractivity contribution in [3.8, 4) is 16.9 Å². The molecule has 0 bridgehead atoms. The first kappa shape index (κ1) is 20.3. The molecular weight excluding hydrogens is 422 g/mol. The first-order valence-electron chi connectivity index (χ1n) is 10.5. The minimum absolute atomic E-state index is 0.00786. The number of carbonyl (C=O) groups is 1. The molecule has 1 amide bonds. The number of para-hydroxylation sites is 1. The van der Waals surface area contributed by atoms with Gasteiger partial charge in [0.05, 0.1) is 11.3 Å². The fraction of sp³-hybridized carbons (Fsp3) is 0.160. The van der Waals surface area contributed by atoms with Crippen molar-refractivity contribution in [2.75, 3.05) is 31.1 Å². The lowest BCUT2D eigenvalue weighted by Crippen LogP contribution is -2.48. The second kappa shape index (κ2) is 8.85. The van der Waals surface area contributed by atoms with Crippen LogP contribution in [0.4, 0.5) is 5.69 Å².